The van der Waals surface area contributed by atoms with Gasteiger partial charge in [-0.2, -0.15) is 0 Å². The summed E-state index contributed by atoms with van der Waals surface area (Å²) in [7, 11) is 0. The summed E-state index contributed by atoms with van der Waals surface area (Å²) in [5, 5.41) is 10.2. The first-order valence-corrected chi connectivity index (χ1v) is 10.2. The van der Waals surface area contributed by atoms with E-state index in [-0.39, 0.29) is 18.1 Å². The summed E-state index contributed by atoms with van der Waals surface area (Å²) < 4.78 is 32.9. The number of phenols is 1. The summed E-state index contributed by atoms with van der Waals surface area (Å²) in [5.41, 5.74) is 0. The number of hydrogen-bond donors (Lipinski definition) is 1. The minimum absolute atomic E-state index is 0.0332. The van der Waals surface area contributed by atoms with Gasteiger partial charge in [0, 0.05) is 32.2 Å². The van der Waals surface area contributed by atoms with Crippen molar-refractivity contribution in [3.05, 3.63) is 22.7 Å². The lowest BCUT2D eigenvalue weighted by molar-refractivity contribution is -0.288. The predicted molar refractivity (Wildman–Crippen MR) is 108 cm³/mol. The molecular weight excluding hydrogens is 496 g/mol. The number of halogens is 1. The SMILES string of the molecule is CC(=O)OC[C@H]1O[C@@H](Oc2ccc(Br)cc2O)[C@H](OC(C)=O)[C@@H](OC(C)=O)[C@@H]1OC(C)=O. The van der Waals surface area contributed by atoms with Crippen molar-refractivity contribution < 1.29 is 52.7 Å². The van der Waals surface area contributed by atoms with Crippen LogP contribution < -0.4 is 4.74 Å². The van der Waals surface area contributed by atoms with E-state index in [1.807, 2.05) is 0 Å². The maximum atomic E-state index is 11.8. The molecule has 1 N–H and O–H groups in total. The van der Waals surface area contributed by atoms with E-state index in [0.717, 1.165) is 20.8 Å². The second-order valence-corrected chi connectivity index (χ2v) is 7.71. The fourth-order valence-corrected chi connectivity index (χ4v) is 3.35. The Kier molecular flexibility index (Phi) is 8.84. The average molecular weight is 519 g/mol. The zero-order valence-electron chi connectivity index (χ0n) is 17.7. The highest BCUT2D eigenvalue weighted by Gasteiger charge is 2.53. The Morgan fingerprint density at radius 1 is 0.906 bits per heavy atom. The minimum atomic E-state index is -1.43. The van der Waals surface area contributed by atoms with Crippen LogP contribution in [0.25, 0.3) is 0 Å². The molecule has 32 heavy (non-hydrogen) atoms. The van der Waals surface area contributed by atoms with E-state index < -0.39 is 54.6 Å². The van der Waals surface area contributed by atoms with E-state index in [1.165, 1.54) is 19.1 Å². The highest BCUT2D eigenvalue weighted by Crippen LogP contribution is 2.35. The van der Waals surface area contributed by atoms with Crippen molar-refractivity contribution in [2.75, 3.05) is 6.61 Å². The number of ether oxygens (including phenoxy) is 6. The number of aromatic hydroxyl groups is 1. The largest absolute Gasteiger partial charge is 0.504 e. The summed E-state index contributed by atoms with van der Waals surface area (Å²) in [4.78, 5) is 46.6. The van der Waals surface area contributed by atoms with Crippen LogP contribution in [-0.4, -0.2) is 66.3 Å². The van der Waals surface area contributed by atoms with Gasteiger partial charge in [0.25, 0.3) is 0 Å². The lowest BCUT2D eigenvalue weighted by atomic mass is 9.98. The Morgan fingerprint density at radius 3 is 2.00 bits per heavy atom. The molecule has 12 heteroatoms. The smallest absolute Gasteiger partial charge is 0.303 e. The van der Waals surface area contributed by atoms with Crippen molar-refractivity contribution in [3.63, 3.8) is 0 Å². The zero-order valence-corrected chi connectivity index (χ0v) is 19.3. The topological polar surface area (TPSA) is 144 Å². The standard InChI is InChI=1S/C20H23BrO11/c1-9(22)27-8-16-17(28-10(2)23)18(29-11(3)24)19(30-12(4)25)20(32-16)31-15-6-5-13(21)7-14(15)26/h5-7,16-20,26H,8H2,1-4H3/t16-,17-,18+,19-,20-/m1/s1. The zero-order chi connectivity index (χ0) is 24.0. The number of carbonyl (C=O) groups is 4. The third kappa shape index (κ3) is 7.09. The van der Waals surface area contributed by atoms with Crippen LogP contribution in [0.1, 0.15) is 27.7 Å². The molecule has 0 bridgehead atoms. The van der Waals surface area contributed by atoms with Gasteiger partial charge >= 0.3 is 23.9 Å². The molecule has 1 aromatic rings. The molecular formula is C20H23BrO11. The van der Waals surface area contributed by atoms with Crippen LogP contribution in [0.2, 0.25) is 0 Å². The Hall–Kier alpha value is -2.86. The number of benzene rings is 1. The van der Waals surface area contributed by atoms with Gasteiger partial charge < -0.3 is 33.5 Å². The molecule has 1 heterocycles. The molecule has 1 saturated heterocycles. The van der Waals surface area contributed by atoms with E-state index in [2.05, 4.69) is 15.9 Å². The highest BCUT2D eigenvalue weighted by molar-refractivity contribution is 9.10. The molecule has 2 rings (SSSR count). The van der Waals surface area contributed by atoms with E-state index >= 15 is 0 Å². The fraction of sp³-hybridized carbons (Fsp3) is 0.500. The van der Waals surface area contributed by atoms with Crippen molar-refractivity contribution in [1.82, 2.24) is 0 Å². The van der Waals surface area contributed by atoms with E-state index in [0.29, 0.717) is 4.47 Å². The van der Waals surface area contributed by atoms with Crippen LogP contribution in [-0.2, 0) is 42.9 Å². The summed E-state index contributed by atoms with van der Waals surface area (Å²) in [6.45, 7) is 4.14. The van der Waals surface area contributed by atoms with Gasteiger partial charge in [-0.1, -0.05) is 15.9 Å². The van der Waals surface area contributed by atoms with Gasteiger partial charge in [-0.25, -0.2) is 0 Å². The van der Waals surface area contributed by atoms with Gasteiger partial charge in [0.2, 0.25) is 12.4 Å². The van der Waals surface area contributed by atoms with Crippen molar-refractivity contribution >= 4 is 39.8 Å². The third-order valence-electron chi connectivity index (χ3n) is 4.11. The first-order valence-electron chi connectivity index (χ1n) is 9.43. The number of phenolic OH excluding ortho intramolecular Hbond substituents is 1. The summed E-state index contributed by atoms with van der Waals surface area (Å²) in [6.07, 6.45) is -6.63. The van der Waals surface area contributed by atoms with Gasteiger partial charge in [0.05, 0.1) is 0 Å². The first kappa shape index (κ1) is 25.4. The number of rotatable bonds is 7. The van der Waals surface area contributed by atoms with Gasteiger partial charge in [0.15, 0.2) is 23.7 Å². The van der Waals surface area contributed by atoms with E-state index in [9.17, 15) is 24.3 Å². The van der Waals surface area contributed by atoms with E-state index in [1.54, 1.807) is 6.07 Å². The molecule has 0 unspecified atom stereocenters. The van der Waals surface area contributed by atoms with Gasteiger partial charge in [-0.3, -0.25) is 19.2 Å². The number of esters is 4. The highest BCUT2D eigenvalue weighted by atomic mass is 79.9. The van der Waals surface area contributed by atoms with Crippen LogP contribution in [0.4, 0.5) is 0 Å². The quantitative estimate of drug-likeness (QED) is 0.415. The normalized spacial score (nSPS) is 24.7. The second kappa shape index (κ2) is 11.1. The summed E-state index contributed by atoms with van der Waals surface area (Å²) >= 11 is 3.21. The Labute approximate surface area is 192 Å². The lowest BCUT2D eigenvalue weighted by Crippen LogP contribution is -2.63. The molecule has 0 aliphatic carbocycles. The fourth-order valence-electron chi connectivity index (χ4n) is 3.00. The molecule has 0 spiro atoms. The van der Waals surface area contributed by atoms with Crippen molar-refractivity contribution in [2.24, 2.45) is 0 Å². The van der Waals surface area contributed by atoms with Crippen molar-refractivity contribution in [2.45, 2.75) is 58.4 Å². The molecule has 0 saturated carbocycles. The minimum Gasteiger partial charge on any atom is -0.504 e. The third-order valence-corrected chi connectivity index (χ3v) is 4.61. The molecule has 1 fully saturated rings. The Balaban J connectivity index is 2.47. The summed E-state index contributed by atoms with van der Waals surface area (Å²) in [5.74, 6) is -3.19. The number of hydrogen-bond acceptors (Lipinski definition) is 11. The predicted octanol–water partition coefficient (Wildman–Crippen LogP) is 1.62. The Morgan fingerprint density at radius 2 is 1.47 bits per heavy atom. The second-order valence-electron chi connectivity index (χ2n) is 6.80. The first-order chi connectivity index (χ1) is 15.0. The molecule has 1 aliphatic rings. The molecule has 11 nitrogen and oxygen atoms in total. The maximum absolute atomic E-state index is 11.8. The molecule has 1 aliphatic heterocycles. The van der Waals surface area contributed by atoms with Gasteiger partial charge in [-0.05, 0) is 18.2 Å². The summed E-state index contributed by atoms with van der Waals surface area (Å²) in [6, 6.07) is 4.37. The van der Waals surface area contributed by atoms with Crippen LogP contribution in [0.15, 0.2) is 22.7 Å². The maximum Gasteiger partial charge on any atom is 0.303 e. The van der Waals surface area contributed by atoms with E-state index in [4.69, 9.17) is 28.4 Å². The molecule has 1 aromatic carbocycles. The molecule has 0 radical (unpaired) electrons. The molecule has 0 amide bonds. The monoisotopic (exact) mass is 518 g/mol. The molecule has 176 valence electrons. The van der Waals surface area contributed by atoms with Crippen LogP contribution in [0.3, 0.4) is 0 Å². The van der Waals surface area contributed by atoms with Crippen LogP contribution in [0.5, 0.6) is 11.5 Å². The van der Waals surface area contributed by atoms with Crippen LogP contribution >= 0.6 is 15.9 Å². The average Bonchev–Trinajstić information content (AvgIpc) is 2.65. The van der Waals surface area contributed by atoms with Crippen molar-refractivity contribution in [3.8, 4) is 11.5 Å². The lowest BCUT2D eigenvalue weighted by Gasteiger charge is -2.43. The molecule has 0 aromatic heterocycles. The van der Waals surface area contributed by atoms with Crippen molar-refractivity contribution in [1.29, 1.82) is 0 Å². The van der Waals surface area contributed by atoms with Gasteiger partial charge in [0.1, 0.15) is 12.7 Å². The Bertz CT molecular complexity index is 871. The van der Waals surface area contributed by atoms with Gasteiger partial charge in [-0.15, -0.1) is 0 Å². The molecule has 5 atom stereocenters. The van der Waals surface area contributed by atoms with Crippen LogP contribution in [0, 0.1) is 0 Å². The number of carbonyl (C=O) groups excluding carboxylic acids is 4.